The van der Waals surface area contributed by atoms with E-state index in [1.54, 1.807) is 18.7 Å². The van der Waals surface area contributed by atoms with E-state index in [4.69, 9.17) is 0 Å². The van der Waals surface area contributed by atoms with Crippen molar-refractivity contribution in [1.29, 1.82) is 0 Å². The number of halogens is 1. The van der Waals surface area contributed by atoms with Gasteiger partial charge in [-0.1, -0.05) is 0 Å². The van der Waals surface area contributed by atoms with Crippen molar-refractivity contribution in [1.82, 2.24) is 0 Å². The van der Waals surface area contributed by atoms with Gasteiger partial charge in [-0.15, -0.1) is 0 Å². The van der Waals surface area contributed by atoms with Crippen molar-refractivity contribution in [3.8, 4) is 0 Å². The van der Waals surface area contributed by atoms with Gasteiger partial charge in [-0.05, 0) is 0 Å². The molecule has 54 valence electrons. The van der Waals surface area contributed by atoms with E-state index in [0.29, 0.717) is 0 Å². The van der Waals surface area contributed by atoms with Gasteiger partial charge >= 0.3 is 12.4 Å². The minimum absolute atomic E-state index is 0. The van der Waals surface area contributed by atoms with Crippen molar-refractivity contribution < 1.29 is 31.1 Å². The molecule has 4 heteroatoms. The van der Waals surface area contributed by atoms with Crippen LogP contribution in [0, 0.1) is 0 Å². The van der Waals surface area contributed by atoms with Gasteiger partial charge in [-0.2, -0.15) is 0 Å². The minimum atomic E-state index is -0.293. The lowest BCUT2D eigenvalue weighted by atomic mass is 10.8. The van der Waals surface area contributed by atoms with Gasteiger partial charge in [0.15, 0.2) is 0 Å². The van der Waals surface area contributed by atoms with Crippen LogP contribution in [0.2, 0.25) is 0 Å². The van der Waals surface area contributed by atoms with E-state index in [1.165, 1.54) is 13.3 Å². The molecule has 9 heavy (non-hydrogen) atoms. The molecule has 0 amide bonds. The van der Waals surface area contributed by atoms with Gasteiger partial charge < -0.3 is 21.7 Å². The molecule has 3 nitrogen and oxygen atoms in total. The molecule has 0 aromatic carbocycles. The summed E-state index contributed by atoms with van der Waals surface area (Å²) in [6.07, 6.45) is 1.35. The number of carbonyl (C=O) groups excluding carboxylic acids is 1. The molecule has 0 atom stereocenters. The van der Waals surface area contributed by atoms with Crippen LogP contribution in [-0.4, -0.2) is 31.0 Å². The Morgan fingerprint density at radius 3 is 2.11 bits per heavy atom. The third-order valence-electron chi connectivity index (χ3n) is 0.429. The lowest BCUT2D eigenvalue weighted by molar-refractivity contribution is -0.467. The zero-order valence-electron chi connectivity index (χ0n) is 5.72. The van der Waals surface area contributed by atoms with Crippen LogP contribution < -0.4 is 17.0 Å². The van der Waals surface area contributed by atoms with Crippen LogP contribution in [0.5, 0.6) is 0 Å². The Bertz CT molecular complexity index is 118. The number of nitrogens with zero attached hydrogens (tertiary/aromatic N) is 1. The van der Waals surface area contributed by atoms with Crippen LogP contribution in [0.1, 0.15) is 6.92 Å². The summed E-state index contributed by atoms with van der Waals surface area (Å²) < 4.78 is 6.12. The lowest BCUT2D eigenvalue weighted by Gasteiger charge is -1.85. The molecule has 0 heterocycles. The fourth-order valence-corrected chi connectivity index (χ4v) is 0.180. The second kappa shape index (κ2) is 5.75. The van der Waals surface area contributed by atoms with Crippen molar-refractivity contribution in [3.05, 3.63) is 0 Å². The Kier molecular flexibility index (Phi) is 7.30. The standard InChI is InChI=1S/C5H10NO2.BrH/c1-5(7)8-4-6(2)3;/h4H,1-3H3;1H/q+1;/p-1. The molecule has 0 fully saturated rings. The molecule has 0 rings (SSSR count). The first kappa shape index (κ1) is 11.4. The molecule has 0 saturated carbocycles. The Labute approximate surface area is 65.1 Å². The highest BCUT2D eigenvalue weighted by Crippen LogP contribution is 1.66. The first-order valence-corrected chi connectivity index (χ1v) is 2.30. The summed E-state index contributed by atoms with van der Waals surface area (Å²) in [6.45, 7) is 1.36. The molecule has 0 saturated heterocycles. The third-order valence-corrected chi connectivity index (χ3v) is 0.429. The quantitative estimate of drug-likeness (QED) is 0.192. The zero-order valence-corrected chi connectivity index (χ0v) is 7.31. The van der Waals surface area contributed by atoms with E-state index in [-0.39, 0.29) is 23.0 Å². The molecular weight excluding hydrogens is 186 g/mol. The molecule has 0 spiro atoms. The largest absolute Gasteiger partial charge is 1.00 e. The molecule has 0 unspecified atom stereocenters. The maximum Gasteiger partial charge on any atom is 0.331 e. The van der Waals surface area contributed by atoms with Gasteiger partial charge in [0.25, 0.3) is 0 Å². The maximum atomic E-state index is 10.1. The molecule has 0 radical (unpaired) electrons. The second-order valence-electron chi connectivity index (χ2n) is 1.68. The average Bonchev–Trinajstić information content (AvgIpc) is 1.61. The van der Waals surface area contributed by atoms with Gasteiger partial charge in [-0.25, -0.2) is 4.58 Å². The zero-order chi connectivity index (χ0) is 6.57. The molecular formula is C5H10BrNO2. The Balaban J connectivity index is 0. The predicted molar refractivity (Wildman–Crippen MR) is 29.9 cm³/mol. The topological polar surface area (TPSA) is 29.3 Å². The van der Waals surface area contributed by atoms with Gasteiger partial charge in [0.05, 0.1) is 0 Å². The highest BCUT2D eigenvalue weighted by Gasteiger charge is 1.88. The third kappa shape index (κ3) is 11.3. The average molecular weight is 196 g/mol. The van der Waals surface area contributed by atoms with Crippen LogP contribution in [-0.2, 0) is 9.53 Å². The summed E-state index contributed by atoms with van der Waals surface area (Å²) in [6, 6.07) is 0. The smallest absolute Gasteiger partial charge is 0.331 e. The summed E-state index contributed by atoms with van der Waals surface area (Å²) in [4.78, 5) is 10.1. The van der Waals surface area contributed by atoms with Gasteiger partial charge in [-0.3, -0.25) is 4.79 Å². The minimum Gasteiger partial charge on any atom is -1.00 e. The SMILES string of the molecule is CC(=O)OC=[N+](C)C.[Br-]. The van der Waals surface area contributed by atoms with E-state index in [0.717, 1.165) is 0 Å². The van der Waals surface area contributed by atoms with Crippen LogP contribution in [0.3, 0.4) is 0 Å². The van der Waals surface area contributed by atoms with E-state index in [2.05, 4.69) is 4.74 Å². The molecule has 0 aliphatic rings. The highest BCUT2D eigenvalue weighted by molar-refractivity contribution is 5.73. The van der Waals surface area contributed by atoms with Crippen molar-refractivity contribution in [2.24, 2.45) is 0 Å². The number of carbonyl (C=O) groups is 1. The molecule has 0 N–H and O–H groups in total. The number of hydrogen-bond acceptors (Lipinski definition) is 2. The van der Waals surface area contributed by atoms with Crippen LogP contribution in [0.15, 0.2) is 0 Å². The maximum absolute atomic E-state index is 10.1. The predicted octanol–water partition coefficient (Wildman–Crippen LogP) is -3.15. The van der Waals surface area contributed by atoms with Crippen LogP contribution in [0.4, 0.5) is 0 Å². The normalized spacial score (nSPS) is 7.00. The van der Waals surface area contributed by atoms with Gasteiger partial charge in [0.2, 0.25) is 0 Å². The number of hydrogen-bond donors (Lipinski definition) is 0. The first-order chi connectivity index (χ1) is 3.63. The van der Waals surface area contributed by atoms with Gasteiger partial charge in [0, 0.05) is 6.92 Å². The summed E-state index contributed by atoms with van der Waals surface area (Å²) in [5.41, 5.74) is 0. The Hall–Kier alpha value is -0.380. The molecule has 0 aliphatic heterocycles. The monoisotopic (exact) mass is 195 g/mol. The fraction of sp³-hybridized carbons (Fsp3) is 0.600. The van der Waals surface area contributed by atoms with E-state index >= 15 is 0 Å². The summed E-state index contributed by atoms with van der Waals surface area (Å²) >= 11 is 0. The summed E-state index contributed by atoms with van der Waals surface area (Å²) in [5, 5.41) is 0. The van der Waals surface area contributed by atoms with E-state index < -0.39 is 0 Å². The second-order valence-corrected chi connectivity index (χ2v) is 1.68. The lowest BCUT2D eigenvalue weighted by Crippen LogP contribution is -3.00. The fourth-order valence-electron chi connectivity index (χ4n) is 0.180. The molecule has 0 bridgehead atoms. The van der Waals surface area contributed by atoms with Crippen LogP contribution >= 0.6 is 0 Å². The van der Waals surface area contributed by atoms with Crippen LogP contribution in [0.25, 0.3) is 0 Å². The van der Waals surface area contributed by atoms with E-state index in [9.17, 15) is 4.79 Å². The van der Waals surface area contributed by atoms with Crippen molar-refractivity contribution in [2.45, 2.75) is 6.92 Å². The Morgan fingerprint density at radius 1 is 1.56 bits per heavy atom. The number of esters is 1. The van der Waals surface area contributed by atoms with E-state index in [1.807, 2.05) is 0 Å². The molecule has 0 aromatic heterocycles. The molecule has 0 aromatic rings. The van der Waals surface area contributed by atoms with Gasteiger partial charge in [0.1, 0.15) is 14.1 Å². The van der Waals surface area contributed by atoms with Crippen molar-refractivity contribution >= 4 is 12.4 Å². The summed E-state index contributed by atoms with van der Waals surface area (Å²) in [7, 11) is 3.56. The van der Waals surface area contributed by atoms with Crippen molar-refractivity contribution in [3.63, 3.8) is 0 Å². The highest BCUT2D eigenvalue weighted by atomic mass is 79.9. The number of ether oxygens (including phenoxy) is 1. The summed E-state index contributed by atoms with van der Waals surface area (Å²) in [5.74, 6) is -0.293. The number of rotatable bonds is 1. The van der Waals surface area contributed by atoms with Crippen molar-refractivity contribution in [2.75, 3.05) is 14.1 Å². The molecule has 0 aliphatic carbocycles. The first-order valence-electron chi connectivity index (χ1n) is 2.30. The Morgan fingerprint density at radius 2 is 2.00 bits per heavy atom.